The minimum atomic E-state index is -0.200. The molecule has 3 aromatic carbocycles. The molecule has 0 aliphatic carbocycles. The van der Waals surface area contributed by atoms with Crippen molar-refractivity contribution < 1.29 is 9.21 Å². The lowest BCUT2D eigenvalue weighted by molar-refractivity contribution is 0.0925. The second-order valence-corrected chi connectivity index (χ2v) is 5.51. The number of amides is 1. The standard InChI is InChI=1S/C20H15NO2/c22-20(19-12-17-7-3-4-8-18(17)23-19)21-13-14-9-10-15-5-1-2-6-16(15)11-14/h1-12H,13H2,(H,21,22). The molecule has 0 fully saturated rings. The number of furan rings is 1. The summed E-state index contributed by atoms with van der Waals surface area (Å²) >= 11 is 0. The quantitative estimate of drug-likeness (QED) is 0.604. The Morgan fingerprint density at radius 3 is 2.39 bits per heavy atom. The van der Waals surface area contributed by atoms with E-state index in [-0.39, 0.29) is 5.91 Å². The number of hydrogen-bond acceptors (Lipinski definition) is 2. The molecule has 0 aliphatic rings. The van der Waals surface area contributed by atoms with E-state index < -0.39 is 0 Å². The first kappa shape index (κ1) is 13.6. The zero-order chi connectivity index (χ0) is 15.6. The first-order valence-corrected chi connectivity index (χ1v) is 7.54. The van der Waals surface area contributed by atoms with Crippen LogP contribution in [0.25, 0.3) is 21.7 Å². The largest absolute Gasteiger partial charge is 0.451 e. The molecule has 0 spiro atoms. The van der Waals surface area contributed by atoms with E-state index in [2.05, 4.69) is 29.6 Å². The van der Waals surface area contributed by atoms with Crippen LogP contribution in [0.1, 0.15) is 16.1 Å². The van der Waals surface area contributed by atoms with Crippen LogP contribution in [-0.4, -0.2) is 5.91 Å². The number of carbonyl (C=O) groups is 1. The number of rotatable bonds is 3. The van der Waals surface area contributed by atoms with Crippen LogP contribution in [0.15, 0.2) is 77.2 Å². The number of carbonyl (C=O) groups excluding carboxylic acids is 1. The van der Waals surface area contributed by atoms with E-state index in [0.29, 0.717) is 12.3 Å². The fourth-order valence-corrected chi connectivity index (χ4v) is 2.71. The van der Waals surface area contributed by atoms with Crippen LogP contribution in [0.3, 0.4) is 0 Å². The normalized spacial score (nSPS) is 11.0. The maximum atomic E-state index is 12.2. The number of benzene rings is 3. The lowest BCUT2D eigenvalue weighted by Crippen LogP contribution is -2.22. The second-order valence-electron chi connectivity index (χ2n) is 5.51. The van der Waals surface area contributed by atoms with Gasteiger partial charge in [0.2, 0.25) is 0 Å². The average molecular weight is 301 g/mol. The monoisotopic (exact) mass is 301 g/mol. The summed E-state index contributed by atoms with van der Waals surface area (Å²) in [5.41, 5.74) is 1.79. The van der Waals surface area contributed by atoms with Gasteiger partial charge in [-0.3, -0.25) is 4.79 Å². The summed E-state index contributed by atoms with van der Waals surface area (Å²) in [7, 11) is 0. The van der Waals surface area contributed by atoms with Crippen LogP contribution in [0, 0.1) is 0 Å². The van der Waals surface area contributed by atoms with Gasteiger partial charge in [-0.1, -0.05) is 54.6 Å². The SMILES string of the molecule is O=C(NCc1ccc2ccccc2c1)c1cc2ccccc2o1. The molecule has 112 valence electrons. The molecule has 0 saturated carbocycles. The zero-order valence-electron chi connectivity index (χ0n) is 12.5. The lowest BCUT2D eigenvalue weighted by atomic mass is 10.1. The number of fused-ring (bicyclic) bond motifs is 2. The van der Waals surface area contributed by atoms with E-state index in [1.807, 2.05) is 42.5 Å². The molecule has 4 aromatic rings. The van der Waals surface area contributed by atoms with Crippen molar-refractivity contribution in [3.63, 3.8) is 0 Å². The van der Waals surface area contributed by atoms with E-state index in [4.69, 9.17) is 4.42 Å². The molecule has 0 radical (unpaired) electrons. The molecule has 1 amide bonds. The second kappa shape index (κ2) is 5.61. The summed E-state index contributed by atoms with van der Waals surface area (Å²) in [6, 6.07) is 23.7. The van der Waals surface area contributed by atoms with Crippen molar-refractivity contribution >= 4 is 27.6 Å². The smallest absolute Gasteiger partial charge is 0.287 e. The molecule has 3 heteroatoms. The minimum absolute atomic E-state index is 0.200. The fourth-order valence-electron chi connectivity index (χ4n) is 2.71. The van der Waals surface area contributed by atoms with Crippen molar-refractivity contribution in [3.05, 3.63) is 84.1 Å². The van der Waals surface area contributed by atoms with Crippen LogP contribution < -0.4 is 5.32 Å². The Hall–Kier alpha value is -3.07. The van der Waals surface area contributed by atoms with Crippen LogP contribution in [0.4, 0.5) is 0 Å². The molecular formula is C20H15NO2. The highest BCUT2D eigenvalue weighted by Crippen LogP contribution is 2.19. The molecule has 0 unspecified atom stereocenters. The van der Waals surface area contributed by atoms with Crippen molar-refractivity contribution in [1.29, 1.82) is 0 Å². The van der Waals surface area contributed by atoms with Crippen molar-refractivity contribution in [1.82, 2.24) is 5.32 Å². The highest BCUT2D eigenvalue weighted by atomic mass is 16.3. The highest BCUT2D eigenvalue weighted by Gasteiger charge is 2.11. The molecule has 1 N–H and O–H groups in total. The first-order valence-electron chi connectivity index (χ1n) is 7.54. The van der Waals surface area contributed by atoms with Gasteiger partial charge in [0.05, 0.1) is 0 Å². The van der Waals surface area contributed by atoms with E-state index in [1.54, 1.807) is 6.07 Å². The molecule has 0 bridgehead atoms. The number of hydrogen-bond donors (Lipinski definition) is 1. The van der Waals surface area contributed by atoms with Crippen molar-refractivity contribution in [2.24, 2.45) is 0 Å². The predicted molar refractivity (Wildman–Crippen MR) is 91.3 cm³/mol. The van der Waals surface area contributed by atoms with E-state index in [0.717, 1.165) is 16.5 Å². The Kier molecular flexibility index (Phi) is 3.31. The minimum Gasteiger partial charge on any atom is -0.451 e. The maximum Gasteiger partial charge on any atom is 0.287 e. The predicted octanol–water partition coefficient (Wildman–Crippen LogP) is 4.52. The van der Waals surface area contributed by atoms with Gasteiger partial charge in [-0.2, -0.15) is 0 Å². The molecule has 4 rings (SSSR count). The Bertz CT molecular complexity index is 968. The fraction of sp³-hybridized carbons (Fsp3) is 0.0500. The van der Waals surface area contributed by atoms with E-state index in [9.17, 15) is 4.79 Å². The average Bonchev–Trinajstić information content (AvgIpc) is 3.04. The summed E-state index contributed by atoms with van der Waals surface area (Å²) in [5.74, 6) is 0.140. The molecule has 1 aromatic heterocycles. The summed E-state index contributed by atoms with van der Waals surface area (Å²) in [6.07, 6.45) is 0. The van der Waals surface area contributed by atoms with Gasteiger partial charge in [0.1, 0.15) is 5.58 Å². The molecule has 0 atom stereocenters. The van der Waals surface area contributed by atoms with Crippen molar-refractivity contribution in [2.75, 3.05) is 0 Å². The first-order chi connectivity index (χ1) is 11.3. The van der Waals surface area contributed by atoms with E-state index in [1.165, 1.54) is 10.8 Å². The van der Waals surface area contributed by atoms with Gasteiger partial charge in [-0.25, -0.2) is 0 Å². The molecule has 1 heterocycles. The summed E-state index contributed by atoms with van der Waals surface area (Å²) in [5, 5.41) is 6.21. The topological polar surface area (TPSA) is 42.2 Å². The Balaban J connectivity index is 1.51. The van der Waals surface area contributed by atoms with E-state index >= 15 is 0 Å². The van der Waals surface area contributed by atoms with Gasteiger partial charge < -0.3 is 9.73 Å². The van der Waals surface area contributed by atoms with Crippen LogP contribution in [0.5, 0.6) is 0 Å². The molecular weight excluding hydrogens is 286 g/mol. The van der Waals surface area contributed by atoms with Crippen LogP contribution in [0.2, 0.25) is 0 Å². The summed E-state index contributed by atoms with van der Waals surface area (Å²) in [4.78, 5) is 12.2. The molecule has 0 aliphatic heterocycles. The third-order valence-electron chi connectivity index (χ3n) is 3.92. The summed E-state index contributed by atoms with van der Waals surface area (Å²) in [6.45, 7) is 0.473. The van der Waals surface area contributed by atoms with Crippen molar-refractivity contribution in [3.8, 4) is 0 Å². The van der Waals surface area contributed by atoms with Gasteiger partial charge in [0.15, 0.2) is 5.76 Å². The molecule has 3 nitrogen and oxygen atoms in total. The van der Waals surface area contributed by atoms with Gasteiger partial charge in [-0.15, -0.1) is 0 Å². The third kappa shape index (κ3) is 2.69. The highest BCUT2D eigenvalue weighted by molar-refractivity contribution is 5.96. The lowest BCUT2D eigenvalue weighted by Gasteiger charge is -2.05. The van der Waals surface area contributed by atoms with Gasteiger partial charge in [0.25, 0.3) is 5.91 Å². The van der Waals surface area contributed by atoms with Crippen molar-refractivity contribution in [2.45, 2.75) is 6.54 Å². The Morgan fingerprint density at radius 2 is 1.57 bits per heavy atom. The Morgan fingerprint density at radius 1 is 0.826 bits per heavy atom. The number of nitrogens with one attached hydrogen (secondary N) is 1. The van der Waals surface area contributed by atoms with Crippen LogP contribution >= 0.6 is 0 Å². The summed E-state index contributed by atoms with van der Waals surface area (Å²) < 4.78 is 5.58. The zero-order valence-corrected chi connectivity index (χ0v) is 12.5. The Labute approximate surface area is 133 Å². The molecule has 23 heavy (non-hydrogen) atoms. The van der Waals surface area contributed by atoms with Gasteiger partial charge in [-0.05, 0) is 34.5 Å². The third-order valence-corrected chi connectivity index (χ3v) is 3.92. The number of para-hydroxylation sites is 1. The van der Waals surface area contributed by atoms with Gasteiger partial charge >= 0.3 is 0 Å². The maximum absolute atomic E-state index is 12.2. The van der Waals surface area contributed by atoms with Crippen LogP contribution in [-0.2, 0) is 6.54 Å². The molecule has 0 saturated heterocycles. The van der Waals surface area contributed by atoms with Gasteiger partial charge in [0, 0.05) is 11.9 Å².